The van der Waals surface area contributed by atoms with Crippen LogP contribution in [-0.2, 0) is 12.8 Å². The van der Waals surface area contributed by atoms with Gasteiger partial charge in [0.15, 0.2) is 0 Å². The highest BCUT2D eigenvalue weighted by atomic mass is 15.2. The summed E-state index contributed by atoms with van der Waals surface area (Å²) in [6.45, 7) is 5.98. The van der Waals surface area contributed by atoms with E-state index in [2.05, 4.69) is 41.4 Å². The molecule has 2 nitrogen and oxygen atoms in total. The number of fused-ring (bicyclic) bond motifs is 1. The molecule has 98 valence electrons. The molecule has 18 heavy (non-hydrogen) atoms. The van der Waals surface area contributed by atoms with Gasteiger partial charge in [0, 0.05) is 18.6 Å². The van der Waals surface area contributed by atoms with Crippen LogP contribution in [0.5, 0.6) is 0 Å². The lowest BCUT2D eigenvalue weighted by Crippen LogP contribution is -2.42. The maximum absolute atomic E-state index is 3.66. The highest BCUT2D eigenvalue weighted by Crippen LogP contribution is 2.26. The first-order chi connectivity index (χ1) is 8.86. The fourth-order valence-electron chi connectivity index (χ4n) is 3.43. The van der Waals surface area contributed by atoms with Gasteiger partial charge in [-0.3, -0.25) is 4.90 Å². The first-order valence-electron chi connectivity index (χ1n) is 7.41. The van der Waals surface area contributed by atoms with Crippen molar-refractivity contribution >= 4 is 0 Å². The lowest BCUT2D eigenvalue weighted by atomic mass is 10.1. The molecule has 1 atom stereocenters. The fourth-order valence-corrected chi connectivity index (χ4v) is 3.43. The van der Waals surface area contributed by atoms with Crippen LogP contribution in [0.25, 0.3) is 0 Å². The zero-order valence-corrected chi connectivity index (χ0v) is 11.4. The topological polar surface area (TPSA) is 15.3 Å². The maximum Gasteiger partial charge on any atom is 0.0192 e. The van der Waals surface area contributed by atoms with E-state index in [0.29, 0.717) is 6.04 Å². The summed E-state index contributed by atoms with van der Waals surface area (Å²) in [7, 11) is 0. The summed E-state index contributed by atoms with van der Waals surface area (Å²) in [5.74, 6) is 0. The molecule has 1 unspecified atom stereocenters. The molecule has 2 heteroatoms. The van der Waals surface area contributed by atoms with Crippen molar-refractivity contribution in [3.05, 3.63) is 35.4 Å². The van der Waals surface area contributed by atoms with Gasteiger partial charge in [0.25, 0.3) is 0 Å². The molecule has 2 aliphatic rings. The van der Waals surface area contributed by atoms with Crippen LogP contribution < -0.4 is 5.32 Å². The van der Waals surface area contributed by atoms with Crippen molar-refractivity contribution in [2.45, 2.75) is 44.7 Å². The van der Waals surface area contributed by atoms with Crippen LogP contribution in [0.15, 0.2) is 24.3 Å². The quantitative estimate of drug-likeness (QED) is 0.858. The minimum atomic E-state index is 0.691. The van der Waals surface area contributed by atoms with E-state index in [1.54, 1.807) is 11.1 Å². The largest absolute Gasteiger partial charge is 0.313 e. The highest BCUT2D eigenvalue weighted by molar-refractivity contribution is 5.33. The molecule has 1 N–H and O–H groups in total. The van der Waals surface area contributed by atoms with E-state index >= 15 is 0 Å². The summed E-state index contributed by atoms with van der Waals surface area (Å²) in [6.07, 6.45) is 5.05. The number of rotatable bonds is 2. The van der Waals surface area contributed by atoms with Gasteiger partial charge in [-0.1, -0.05) is 31.2 Å². The second-order valence-corrected chi connectivity index (χ2v) is 5.74. The molecule has 1 aromatic carbocycles. The Kier molecular flexibility index (Phi) is 3.67. The van der Waals surface area contributed by atoms with Gasteiger partial charge in [0.05, 0.1) is 0 Å². The standard InChI is InChI=1S/C16H24N2/c1-2-15-12-18(9-5-8-17-15)16-10-13-6-3-4-7-14(13)11-16/h3-4,6-7,15-17H,2,5,8-12H2,1H3. The van der Waals surface area contributed by atoms with E-state index in [4.69, 9.17) is 0 Å². The van der Waals surface area contributed by atoms with Gasteiger partial charge in [0.1, 0.15) is 0 Å². The second-order valence-electron chi connectivity index (χ2n) is 5.74. The monoisotopic (exact) mass is 244 g/mol. The molecule has 0 amide bonds. The van der Waals surface area contributed by atoms with Gasteiger partial charge < -0.3 is 5.32 Å². The van der Waals surface area contributed by atoms with Crippen molar-refractivity contribution in [1.29, 1.82) is 0 Å². The van der Waals surface area contributed by atoms with E-state index in [0.717, 1.165) is 6.04 Å². The van der Waals surface area contributed by atoms with Crippen molar-refractivity contribution < 1.29 is 0 Å². The van der Waals surface area contributed by atoms with E-state index in [-0.39, 0.29) is 0 Å². The first-order valence-corrected chi connectivity index (χ1v) is 7.41. The Labute approximate surface area is 110 Å². The smallest absolute Gasteiger partial charge is 0.0192 e. The van der Waals surface area contributed by atoms with Gasteiger partial charge in [-0.05, 0) is 49.9 Å². The van der Waals surface area contributed by atoms with Crippen LogP contribution >= 0.6 is 0 Å². The molecule has 1 heterocycles. The van der Waals surface area contributed by atoms with Gasteiger partial charge in [-0.15, -0.1) is 0 Å². The normalized spacial score (nSPS) is 25.9. The van der Waals surface area contributed by atoms with Crippen LogP contribution in [0.2, 0.25) is 0 Å². The molecule has 0 saturated carbocycles. The average molecular weight is 244 g/mol. The van der Waals surface area contributed by atoms with Gasteiger partial charge >= 0.3 is 0 Å². The van der Waals surface area contributed by atoms with Crippen LogP contribution in [0, 0.1) is 0 Å². The van der Waals surface area contributed by atoms with Crippen LogP contribution in [0.1, 0.15) is 30.9 Å². The molecule has 3 rings (SSSR count). The number of benzene rings is 1. The Balaban J connectivity index is 1.69. The Hall–Kier alpha value is -0.860. The molecular formula is C16H24N2. The summed E-state index contributed by atoms with van der Waals surface area (Å²) in [4.78, 5) is 2.73. The summed E-state index contributed by atoms with van der Waals surface area (Å²) in [6, 6.07) is 10.4. The van der Waals surface area contributed by atoms with E-state index in [1.165, 1.54) is 45.3 Å². The number of hydrogen-bond donors (Lipinski definition) is 1. The van der Waals surface area contributed by atoms with Crippen molar-refractivity contribution in [1.82, 2.24) is 10.2 Å². The number of hydrogen-bond acceptors (Lipinski definition) is 2. The van der Waals surface area contributed by atoms with Crippen molar-refractivity contribution in [3.63, 3.8) is 0 Å². The molecule has 0 spiro atoms. The zero-order valence-electron chi connectivity index (χ0n) is 11.4. The summed E-state index contributed by atoms with van der Waals surface area (Å²) < 4.78 is 0. The van der Waals surface area contributed by atoms with E-state index in [9.17, 15) is 0 Å². The molecule has 0 bridgehead atoms. The van der Waals surface area contributed by atoms with Crippen LogP contribution in [0.4, 0.5) is 0 Å². The summed E-state index contributed by atoms with van der Waals surface area (Å²) in [5.41, 5.74) is 3.15. The molecule has 1 aromatic rings. The van der Waals surface area contributed by atoms with Gasteiger partial charge in [-0.25, -0.2) is 0 Å². The number of nitrogens with zero attached hydrogens (tertiary/aromatic N) is 1. The SMILES string of the molecule is CCC1CN(C2Cc3ccccc3C2)CCCN1. The van der Waals surface area contributed by atoms with E-state index < -0.39 is 0 Å². The molecule has 0 radical (unpaired) electrons. The fraction of sp³-hybridized carbons (Fsp3) is 0.625. The molecule has 1 aliphatic carbocycles. The van der Waals surface area contributed by atoms with Crippen molar-refractivity contribution in [3.8, 4) is 0 Å². The zero-order chi connectivity index (χ0) is 12.4. The van der Waals surface area contributed by atoms with Crippen molar-refractivity contribution in [2.24, 2.45) is 0 Å². The second kappa shape index (κ2) is 5.41. The third-order valence-electron chi connectivity index (χ3n) is 4.55. The lowest BCUT2D eigenvalue weighted by molar-refractivity contribution is 0.196. The maximum atomic E-state index is 3.66. The predicted octanol–water partition coefficient (Wildman–Crippen LogP) is 2.23. The third-order valence-corrected chi connectivity index (χ3v) is 4.55. The number of nitrogens with one attached hydrogen (secondary N) is 1. The minimum absolute atomic E-state index is 0.691. The Bertz CT molecular complexity index is 377. The molecule has 1 saturated heterocycles. The third kappa shape index (κ3) is 2.45. The Morgan fingerprint density at radius 2 is 1.94 bits per heavy atom. The van der Waals surface area contributed by atoms with Gasteiger partial charge in [-0.2, -0.15) is 0 Å². The molecule has 0 aromatic heterocycles. The van der Waals surface area contributed by atoms with Crippen LogP contribution in [-0.4, -0.2) is 36.6 Å². The van der Waals surface area contributed by atoms with Crippen LogP contribution in [0.3, 0.4) is 0 Å². The summed E-state index contributed by atoms with van der Waals surface area (Å²) >= 11 is 0. The highest BCUT2D eigenvalue weighted by Gasteiger charge is 2.28. The predicted molar refractivity (Wildman–Crippen MR) is 75.9 cm³/mol. The average Bonchev–Trinajstić information content (AvgIpc) is 2.69. The first kappa shape index (κ1) is 12.2. The lowest BCUT2D eigenvalue weighted by Gasteiger charge is -2.29. The minimum Gasteiger partial charge on any atom is -0.313 e. The molecular weight excluding hydrogens is 220 g/mol. The Morgan fingerprint density at radius 3 is 2.61 bits per heavy atom. The van der Waals surface area contributed by atoms with Gasteiger partial charge in [0.2, 0.25) is 0 Å². The Morgan fingerprint density at radius 1 is 1.22 bits per heavy atom. The summed E-state index contributed by atoms with van der Waals surface area (Å²) in [5, 5.41) is 3.66. The molecule has 1 aliphatic heterocycles. The van der Waals surface area contributed by atoms with Crippen molar-refractivity contribution in [2.75, 3.05) is 19.6 Å². The van der Waals surface area contributed by atoms with E-state index in [1.807, 2.05) is 0 Å². The molecule has 1 fully saturated rings.